The lowest BCUT2D eigenvalue weighted by Gasteiger charge is -2.18. The molecule has 0 aliphatic carbocycles. The lowest BCUT2D eigenvalue weighted by molar-refractivity contribution is 0.633. The lowest BCUT2D eigenvalue weighted by Crippen LogP contribution is -1.91. The molecule has 0 aliphatic heterocycles. The summed E-state index contributed by atoms with van der Waals surface area (Å²) in [4.78, 5) is 0. The number of hydrogen-bond acceptors (Lipinski definition) is 1. The second kappa shape index (κ2) is 10.4. The van der Waals surface area contributed by atoms with E-state index in [0.29, 0.717) is 10.9 Å². The predicted molar refractivity (Wildman–Crippen MR) is 190 cm³/mol. The van der Waals surface area contributed by atoms with E-state index in [1.54, 1.807) is 18.2 Å². The highest BCUT2D eigenvalue weighted by atomic mass is 16.3. The van der Waals surface area contributed by atoms with Gasteiger partial charge >= 0.3 is 0 Å². The fourth-order valence-corrected chi connectivity index (χ4v) is 6.01. The van der Waals surface area contributed by atoms with Crippen molar-refractivity contribution in [2.24, 2.45) is 0 Å². The molecular formula is C44H28O. The molecule has 0 unspecified atom stereocenters. The van der Waals surface area contributed by atoms with Gasteiger partial charge in [0.15, 0.2) is 0 Å². The van der Waals surface area contributed by atoms with E-state index in [9.17, 15) is 5.48 Å². The van der Waals surface area contributed by atoms with Crippen molar-refractivity contribution in [3.05, 3.63) is 169 Å². The molecule has 45 heavy (non-hydrogen) atoms. The highest BCUT2D eigenvalue weighted by Crippen LogP contribution is 2.50. The van der Waals surface area contributed by atoms with Crippen LogP contribution >= 0.6 is 0 Å². The van der Waals surface area contributed by atoms with Crippen LogP contribution in [0.3, 0.4) is 0 Å². The minimum absolute atomic E-state index is 0.0647. The summed E-state index contributed by atoms with van der Waals surface area (Å²) in [5.74, 6) is 0.0676. The number of hydrogen-bond donors (Lipinski definition) is 0. The molecule has 0 saturated carbocycles. The van der Waals surface area contributed by atoms with Gasteiger partial charge in [-0.1, -0.05) is 157 Å². The van der Waals surface area contributed by atoms with Gasteiger partial charge in [-0.25, -0.2) is 0 Å². The van der Waals surface area contributed by atoms with Gasteiger partial charge in [0.05, 0.1) is 24.7 Å². The molecular weight excluding hydrogens is 544 g/mol. The zero-order valence-corrected chi connectivity index (χ0v) is 23.2. The van der Waals surface area contributed by atoms with Gasteiger partial charge in [-0.05, 0) is 66.7 Å². The van der Waals surface area contributed by atoms with Crippen LogP contribution in [0.1, 0.15) is 24.7 Å². The first-order valence-electron chi connectivity index (χ1n) is 23.0. The monoisotopic (exact) mass is 590 g/mol. The summed E-state index contributed by atoms with van der Waals surface area (Å²) in [6.45, 7) is 0. The van der Waals surface area contributed by atoms with Crippen molar-refractivity contribution in [3.8, 4) is 44.7 Å². The summed E-state index contributed by atoms with van der Waals surface area (Å²) in [7, 11) is 0. The van der Waals surface area contributed by atoms with E-state index in [-0.39, 0.29) is 60.5 Å². The molecule has 9 aromatic rings. The quantitative estimate of drug-likeness (QED) is 0.186. The van der Waals surface area contributed by atoms with Crippen LogP contribution in [0.25, 0.3) is 88.0 Å². The van der Waals surface area contributed by atoms with Gasteiger partial charge in [-0.15, -0.1) is 0 Å². The second-order valence-electron chi connectivity index (χ2n) is 10.3. The van der Waals surface area contributed by atoms with Gasteiger partial charge in [-0.3, -0.25) is 0 Å². The molecule has 1 nitrogen and oxygen atoms in total. The molecule has 0 bridgehead atoms. The van der Waals surface area contributed by atoms with Gasteiger partial charge in [0, 0.05) is 22.1 Å². The Balaban J connectivity index is 1.59. The predicted octanol–water partition coefficient (Wildman–Crippen LogP) is 12.6. The zero-order valence-electron chi connectivity index (χ0n) is 41.2. The SMILES string of the molecule is [2H]c1c([2H])c([2H])c(-c2ccc3c(-c4c5c([2H])c([2H])c([2H])c([2H])c5c(-c5c([2H])c([2H])c([2H])c([2H])c5[2H])c5c([2H])c([2H])c([2H])c([2H])c45)c(-c4cccc5ccccc45)oc3c2)c([2H])c1[2H]. The molecule has 1 aromatic heterocycles. The van der Waals surface area contributed by atoms with Crippen molar-refractivity contribution in [1.29, 1.82) is 0 Å². The molecule has 0 radical (unpaired) electrons. The molecule has 210 valence electrons. The number of benzene rings is 8. The largest absolute Gasteiger partial charge is 0.455 e. The maximum atomic E-state index is 9.51. The van der Waals surface area contributed by atoms with E-state index in [1.807, 2.05) is 24.3 Å². The third kappa shape index (κ3) is 4.09. The van der Waals surface area contributed by atoms with Crippen LogP contribution in [0.5, 0.6) is 0 Å². The Morgan fingerprint density at radius 2 is 0.978 bits per heavy atom. The smallest absolute Gasteiger partial charge is 0.143 e. The minimum Gasteiger partial charge on any atom is -0.455 e. The molecule has 0 N–H and O–H groups in total. The van der Waals surface area contributed by atoms with Crippen LogP contribution < -0.4 is 0 Å². The normalized spacial score (nSPS) is 17.2. The van der Waals surface area contributed by atoms with Crippen molar-refractivity contribution in [2.45, 2.75) is 0 Å². The van der Waals surface area contributed by atoms with Crippen molar-refractivity contribution in [1.82, 2.24) is 0 Å². The van der Waals surface area contributed by atoms with Crippen LogP contribution in [0.4, 0.5) is 0 Å². The fourth-order valence-electron chi connectivity index (χ4n) is 6.01. The molecule has 0 fully saturated rings. The third-order valence-corrected chi connectivity index (χ3v) is 7.89. The Bertz CT molecular complexity index is 3410. The van der Waals surface area contributed by atoms with Gasteiger partial charge in [0.2, 0.25) is 0 Å². The van der Waals surface area contributed by atoms with E-state index in [4.69, 9.17) is 23.6 Å². The maximum Gasteiger partial charge on any atom is 0.143 e. The van der Waals surface area contributed by atoms with E-state index in [0.717, 1.165) is 5.39 Å². The molecule has 0 aliphatic rings. The minimum atomic E-state index is -0.785. The van der Waals surface area contributed by atoms with E-state index in [1.165, 1.54) is 18.2 Å². The highest BCUT2D eigenvalue weighted by molar-refractivity contribution is 6.25. The van der Waals surface area contributed by atoms with E-state index < -0.39 is 120 Å². The van der Waals surface area contributed by atoms with Crippen LogP contribution in [0.2, 0.25) is 0 Å². The molecule has 0 saturated heterocycles. The molecule has 0 atom stereocenters. The van der Waals surface area contributed by atoms with E-state index in [2.05, 4.69) is 0 Å². The van der Waals surface area contributed by atoms with E-state index >= 15 is 0 Å². The topological polar surface area (TPSA) is 13.1 Å². The van der Waals surface area contributed by atoms with Crippen LogP contribution in [0, 0.1) is 0 Å². The Labute approximate surface area is 286 Å². The maximum absolute atomic E-state index is 9.51. The summed E-state index contributed by atoms with van der Waals surface area (Å²) in [6.07, 6.45) is 0. The third-order valence-electron chi connectivity index (χ3n) is 7.89. The molecule has 1 heterocycles. The van der Waals surface area contributed by atoms with Crippen molar-refractivity contribution in [3.63, 3.8) is 0 Å². The summed E-state index contributed by atoms with van der Waals surface area (Å²) >= 11 is 0. The average molecular weight is 591 g/mol. The summed E-state index contributed by atoms with van der Waals surface area (Å²) in [6, 6.07) is 4.76. The Kier molecular flexibility index (Phi) is 3.08. The molecule has 0 spiro atoms. The van der Waals surface area contributed by atoms with Crippen molar-refractivity contribution in [2.75, 3.05) is 0 Å². The zero-order chi connectivity index (χ0) is 45.4. The summed E-state index contributed by atoms with van der Waals surface area (Å²) < 4.78 is 166. The second-order valence-corrected chi connectivity index (χ2v) is 10.3. The average Bonchev–Trinajstić information content (AvgIpc) is 3.66. The van der Waals surface area contributed by atoms with Gasteiger partial charge < -0.3 is 4.42 Å². The summed E-state index contributed by atoms with van der Waals surface area (Å²) in [5.41, 5.74) is -0.487. The fraction of sp³-hybridized carbons (Fsp3) is 0. The van der Waals surface area contributed by atoms with Crippen LogP contribution in [-0.4, -0.2) is 0 Å². The van der Waals surface area contributed by atoms with Gasteiger partial charge in [-0.2, -0.15) is 0 Å². The van der Waals surface area contributed by atoms with Crippen LogP contribution in [-0.2, 0) is 0 Å². The molecule has 0 amide bonds. The summed E-state index contributed by atoms with van der Waals surface area (Å²) in [5, 5.41) is 0.253. The Hall–Kier alpha value is -5.92. The Morgan fingerprint density at radius 3 is 1.67 bits per heavy atom. The van der Waals surface area contributed by atoms with Gasteiger partial charge in [0.25, 0.3) is 0 Å². The Morgan fingerprint density at radius 1 is 0.400 bits per heavy atom. The first-order chi connectivity index (χ1) is 29.8. The first kappa shape index (κ1) is 13.4. The van der Waals surface area contributed by atoms with Crippen LogP contribution in [0.15, 0.2) is 174 Å². The molecule has 1 heteroatoms. The first-order valence-corrected chi connectivity index (χ1v) is 14.0. The number of rotatable bonds is 4. The van der Waals surface area contributed by atoms with Crippen molar-refractivity contribution >= 4 is 43.3 Å². The number of fused-ring (bicyclic) bond motifs is 4. The highest BCUT2D eigenvalue weighted by Gasteiger charge is 2.25. The molecule has 9 rings (SSSR count). The van der Waals surface area contributed by atoms with Gasteiger partial charge in [0.1, 0.15) is 11.3 Å². The molecule has 8 aromatic carbocycles. The standard InChI is InChI=1S/C44H28O/c1-3-14-29(15-4-1)32-26-27-39-40(28-32)45-44(38-25-13-19-30-16-7-8-20-33(30)38)43(39)42-36-23-11-9-21-34(36)41(31-17-5-2-6-18-31)35-22-10-12-24-37(35)42/h1-28H/i1D,2D,3D,4D,5D,6D,9D,10D,11D,12D,14D,15D,17D,18D,21D,22D,23D,24D. The lowest BCUT2D eigenvalue weighted by atomic mass is 9.84. The number of furan rings is 1. The van der Waals surface area contributed by atoms with Crippen molar-refractivity contribution < 1.29 is 29.1 Å².